The molecule has 162 valence electrons. The lowest BCUT2D eigenvalue weighted by molar-refractivity contribution is -0.137. The van der Waals surface area contributed by atoms with E-state index in [0.29, 0.717) is 0 Å². The minimum atomic E-state index is -4.50. The molecule has 9 heteroatoms. The maximum atomic E-state index is 13.3. The van der Waals surface area contributed by atoms with Gasteiger partial charge in [0.15, 0.2) is 0 Å². The third-order valence-electron chi connectivity index (χ3n) is 5.53. The van der Waals surface area contributed by atoms with Gasteiger partial charge in [0, 0.05) is 31.0 Å². The molecule has 3 aromatic rings. The molecular formula is C22H22F3N5O. The molecule has 1 aliphatic heterocycles. The quantitative estimate of drug-likeness (QED) is 0.577. The average Bonchev–Trinajstić information content (AvgIpc) is 3.39. The van der Waals surface area contributed by atoms with Crippen molar-refractivity contribution in [1.29, 1.82) is 0 Å². The van der Waals surface area contributed by atoms with E-state index in [1.54, 1.807) is 6.26 Å². The van der Waals surface area contributed by atoms with E-state index in [1.165, 1.54) is 11.1 Å². The summed E-state index contributed by atoms with van der Waals surface area (Å²) < 4.78 is 45.2. The largest absolute Gasteiger partial charge is 0.468 e. The summed E-state index contributed by atoms with van der Waals surface area (Å²) in [5, 5.41) is 5.92. The summed E-state index contributed by atoms with van der Waals surface area (Å²) >= 11 is 0. The van der Waals surface area contributed by atoms with Crippen LogP contribution in [0.3, 0.4) is 0 Å². The van der Waals surface area contributed by atoms with E-state index in [9.17, 15) is 13.2 Å². The normalized spacial score (nSPS) is 16.7. The van der Waals surface area contributed by atoms with E-state index >= 15 is 0 Å². The van der Waals surface area contributed by atoms with Gasteiger partial charge in [-0.2, -0.15) is 18.2 Å². The van der Waals surface area contributed by atoms with E-state index in [1.807, 2.05) is 30.3 Å². The topological polar surface area (TPSA) is 66.2 Å². The Bertz CT molecular complexity index is 1060. The number of aromatic nitrogens is 2. The van der Waals surface area contributed by atoms with Crippen LogP contribution in [0.5, 0.6) is 0 Å². The highest BCUT2D eigenvalue weighted by molar-refractivity contribution is 5.59. The molecule has 0 unspecified atom stereocenters. The summed E-state index contributed by atoms with van der Waals surface area (Å²) in [6.07, 6.45) is 0.611. The fourth-order valence-corrected chi connectivity index (χ4v) is 3.76. The number of nitrogens with one attached hydrogen (secondary N) is 2. The van der Waals surface area contributed by atoms with Gasteiger partial charge in [-0.3, -0.25) is 4.90 Å². The van der Waals surface area contributed by atoms with E-state index in [0.717, 1.165) is 56.5 Å². The van der Waals surface area contributed by atoms with Crippen molar-refractivity contribution < 1.29 is 17.6 Å². The summed E-state index contributed by atoms with van der Waals surface area (Å²) in [4.78, 5) is 10.3. The Hall–Kier alpha value is -3.07. The lowest BCUT2D eigenvalue weighted by Gasteiger charge is -2.28. The molecule has 1 aliphatic carbocycles. The highest BCUT2D eigenvalue weighted by Crippen LogP contribution is 2.36. The van der Waals surface area contributed by atoms with Crippen molar-refractivity contribution in [3.05, 3.63) is 65.2 Å². The Balaban J connectivity index is 1.30. The van der Waals surface area contributed by atoms with Gasteiger partial charge in [-0.1, -0.05) is 6.07 Å². The first kappa shape index (κ1) is 19.9. The van der Waals surface area contributed by atoms with Crippen LogP contribution in [0.1, 0.15) is 35.3 Å². The van der Waals surface area contributed by atoms with Gasteiger partial charge in [0.2, 0.25) is 5.95 Å². The van der Waals surface area contributed by atoms with Gasteiger partial charge in [0.1, 0.15) is 17.1 Å². The number of fused-ring (bicyclic) bond motifs is 1. The number of benzene rings is 1. The first-order valence-corrected chi connectivity index (χ1v) is 10.3. The van der Waals surface area contributed by atoms with Gasteiger partial charge in [-0.15, -0.1) is 0 Å². The molecule has 2 aromatic heterocycles. The van der Waals surface area contributed by atoms with Gasteiger partial charge >= 0.3 is 6.18 Å². The van der Waals surface area contributed by atoms with Crippen molar-refractivity contribution in [3.63, 3.8) is 0 Å². The third-order valence-corrected chi connectivity index (χ3v) is 5.53. The van der Waals surface area contributed by atoms with Gasteiger partial charge < -0.3 is 15.1 Å². The monoisotopic (exact) mass is 429 g/mol. The molecule has 0 atom stereocenters. The summed E-state index contributed by atoms with van der Waals surface area (Å²) in [5.74, 6) is 0.919. The van der Waals surface area contributed by atoms with Gasteiger partial charge in [0.25, 0.3) is 0 Å². The van der Waals surface area contributed by atoms with Crippen LogP contribution < -0.4 is 10.6 Å². The lowest BCUT2D eigenvalue weighted by atomic mass is 9.99. The lowest BCUT2D eigenvalue weighted by Crippen LogP contribution is -2.29. The first-order chi connectivity index (χ1) is 14.9. The van der Waals surface area contributed by atoms with Crippen LogP contribution in [0.15, 0.2) is 47.2 Å². The molecule has 2 N–H and O–H groups in total. The Morgan fingerprint density at radius 2 is 2.03 bits per heavy atom. The van der Waals surface area contributed by atoms with Gasteiger partial charge in [-0.25, -0.2) is 4.98 Å². The number of nitrogens with zero attached hydrogens (tertiary/aromatic N) is 3. The number of alkyl halides is 3. The number of rotatable bonds is 6. The van der Waals surface area contributed by atoms with Gasteiger partial charge in [0.05, 0.1) is 12.8 Å². The zero-order chi connectivity index (χ0) is 21.4. The van der Waals surface area contributed by atoms with Crippen molar-refractivity contribution in [2.45, 2.75) is 44.6 Å². The molecule has 31 heavy (non-hydrogen) atoms. The molecule has 1 fully saturated rings. The molecule has 6 nitrogen and oxygen atoms in total. The summed E-state index contributed by atoms with van der Waals surface area (Å²) in [5.41, 5.74) is 2.36. The number of halogens is 3. The SMILES string of the molecule is FC(F)(F)c1cnc(Nc2ccc3c(c2)CCN(Cc2ccco2)C3)nc1NC1CC1. The minimum absolute atomic E-state index is 0.0525. The smallest absolute Gasteiger partial charge is 0.421 e. The highest BCUT2D eigenvalue weighted by Gasteiger charge is 2.37. The molecule has 1 aromatic carbocycles. The summed E-state index contributed by atoms with van der Waals surface area (Å²) in [6.45, 7) is 2.49. The molecule has 3 heterocycles. The Morgan fingerprint density at radius 1 is 1.16 bits per heavy atom. The van der Waals surface area contributed by atoms with Crippen molar-refractivity contribution in [1.82, 2.24) is 14.9 Å². The van der Waals surface area contributed by atoms with E-state index in [-0.39, 0.29) is 17.8 Å². The molecule has 0 bridgehead atoms. The summed E-state index contributed by atoms with van der Waals surface area (Å²) in [6, 6.07) is 9.88. The third kappa shape index (κ3) is 4.66. The maximum Gasteiger partial charge on any atom is 0.421 e. The van der Waals surface area contributed by atoms with E-state index in [2.05, 4.69) is 25.5 Å². The first-order valence-electron chi connectivity index (χ1n) is 10.3. The molecule has 5 rings (SSSR count). The second-order valence-electron chi connectivity index (χ2n) is 8.02. The molecule has 0 saturated heterocycles. The fourth-order valence-electron chi connectivity index (χ4n) is 3.76. The fraction of sp³-hybridized carbons (Fsp3) is 0.364. The van der Waals surface area contributed by atoms with E-state index < -0.39 is 11.7 Å². The number of hydrogen-bond donors (Lipinski definition) is 2. The van der Waals surface area contributed by atoms with Crippen molar-refractivity contribution in [2.24, 2.45) is 0 Å². The average molecular weight is 429 g/mol. The van der Waals surface area contributed by atoms with Crippen LogP contribution in [0, 0.1) is 0 Å². The molecule has 1 saturated carbocycles. The maximum absolute atomic E-state index is 13.3. The molecule has 0 amide bonds. The van der Waals surface area contributed by atoms with Crippen molar-refractivity contribution >= 4 is 17.5 Å². The zero-order valence-electron chi connectivity index (χ0n) is 16.7. The predicted molar refractivity (Wildman–Crippen MR) is 110 cm³/mol. The number of hydrogen-bond acceptors (Lipinski definition) is 6. The molecule has 2 aliphatic rings. The van der Waals surface area contributed by atoms with Crippen LogP contribution in [0.2, 0.25) is 0 Å². The minimum Gasteiger partial charge on any atom is -0.468 e. The van der Waals surface area contributed by atoms with Gasteiger partial charge in [-0.05, 0) is 54.7 Å². The molecule has 0 radical (unpaired) electrons. The Morgan fingerprint density at radius 3 is 2.77 bits per heavy atom. The molecule has 0 spiro atoms. The number of furan rings is 1. The van der Waals surface area contributed by atoms with Crippen LogP contribution >= 0.6 is 0 Å². The summed E-state index contributed by atoms with van der Waals surface area (Å²) in [7, 11) is 0. The van der Waals surface area contributed by atoms with Crippen LogP contribution in [-0.2, 0) is 25.7 Å². The van der Waals surface area contributed by atoms with Crippen molar-refractivity contribution in [2.75, 3.05) is 17.2 Å². The zero-order valence-corrected chi connectivity index (χ0v) is 16.7. The van der Waals surface area contributed by atoms with Crippen LogP contribution in [-0.4, -0.2) is 27.5 Å². The van der Waals surface area contributed by atoms with Crippen molar-refractivity contribution in [3.8, 4) is 0 Å². The second kappa shape index (κ2) is 7.88. The Kier molecular flexibility index (Phi) is 5.05. The highest BCUT2D eigenvalue weighted by atomic mass is 19.4. The Labute approximate surface area is 177 Å². The molecular weight excluding hydrogens is 407 g/mol. The number of anilines is 3. The standard InChI is InChI=1S/C22H22F3N5O/c23-22(24,25)19-11-26-21(29-20(19)27-16-5-6-16)28-17-4-3-15-12-30(8-7-14(15)10-17)13-18-2-1-9-31-18/h1-4,9-11,16H,5-8,12-13H2,(H2,26,27,28,29). The van der Waals surface area contributed by atoms with Crippen LogP contribution in [0.4, 0.5) is 30.6 Å². The van der Waals surface area contributed by atoms with E-state index in [4.69, 9.17) is 4.42 Å². The second-order valence-corrected chi connectivity index (χ2v) is 8.02. The van der Waals surface area contributed by atoms with Crippen LogP contribution in [0.25, 0.3) is 0 Å². The predicted octanol–water partition coefficient (Wildman–Crippen LogP) is 4.96.